The van der Waals surface area contributed by atoms with Crippen LogP contribution in [0, 0.1) is 6.92 Å². The topological polar surface area (TPSA) is 67.2 Å². The number of ketones is 1. The number of carbonyl (C=O) groups excluding carboxylic acids is 2. The predicted molar refractivity (Wildman–Crippen MR) is 112 cm³/mol. The molecule has 0 radical (unpaired) electrons. The molecule has 0 unspecified atom stereocenters. The van der Waals surface area contributed by atoms with Crippen molar-refractivity contribution in [1.82, 2.24) is 9.78 Å². The third kappa shape index (κ3) is 4.46. The van der Waals surface area contributed by atoms with Crippen molar-refractivity contribution in [2.45, 2.75) is 20.4 Å². The number of hydrogen-bond acceptors (Lipinski definition) is 4. The first-order valence-corrected chi connectivity index (χ1v) is 9.06. The number of nitrogens with zero attached hydrogens (tertiary/aromatic N) is 3. The van der Waals surface area contributed by atoms with Gasteiger partial charge in [-0.1, -0.05) is 29.8 Å². The molecule has 0 aliphatic heterocycles. The molecule has 3 rings (SSSR count). The molecule has 6 heteroatoms. The quantitative estimate of drug-likeness (QED) is 0.665. The number of nitrogens with one attached hydrogen (secondary N) is 1. The van der Waals surface area contributed by atoms with Gasteiger partial charge in [-0.05, 0) is 43.7 Å². The summed E-state index contributed by atoms with van der Waals surface area (Å²) in [5, 5.41) is 7.40. The van der Waals surface area contributed by atoms with Gasteiger partial charge in [-0.3, -0.25) is 14.3 Å². The zero-order valence-electron chi connectivity index (χ0n) is 16.6. The zero-order valence-corrected chi connectivity index (χ0v) is 16.6. The fraction of sp³-hybridized carbons (Fsp3) is 0.227. The van der Waals surface area contributed by atoms with Crippen LogP contribution in [-0.4, -0.2) is 35.6 Å². The van der Waals surface area contributed by atoms with Crippen molar-refractivity contribution in [3.63, 3.8) is 0 Å². The summed E-state index contributed by atoms with van der Waals surface area (Å²) in [5.74, 6) is 0.621. The number of amides is 1. The normalized spacial score (nSPS) is 10.6. The molecule has 1 N–H and O–H groups in total. The Balaban J connectivity index is 1.76. The minimum absolute atomic E-state index is 0.00531. The lowest BCUT2D eigenvalue weighted by Gasteiger charge is -2.11. The summed E-state index contributed by atoms with van der Waals surface area (Å²) in [6.07, 6.45) is 1.89. The second-order valence-corrected chi connectivity index (χ2v) is 7.01. The molecular weight excluding hydrogens is 352 g/mol. The molecule has 1 heterocycles. The smallest absolute Gasteiger partial charge is 0.246 e. The SMILES string of the molecule is CC(=O)c1ccc(NC(=O)Cn2cc(-c3ccc(C)cc3)c(N(C)C)n2)cc1. The molecule has 0 saturated carbocycles. The van der Waals surface area contributed by atoms with Crippen LogP contribution in [0.2, 0.25) is 0 Å². The van der Waals surface area contributed by atoms with Crippen molar-refractivity contribution in [2.75, 3.05) is 24.3 Å². The van der Waals surface area contributed by atoms with Gasteiger partial charge in [-0.15, -0.1) is 0 Å². The molecule has 3 aromatic rings. The van der Waals surface area contributed by atoms with Gasteiger partial charge in [-0.2, -0.15) is 5.10 Å². The van der Waals surface area contributed by atoms with E-state index in [1.54, 1.807) is 28.9 Å². The molecule has 0 spiro atoms. The summed E-state index contributed by atoms with van der Waals surface area (Å²) in [6, 6.07) is 15.1. The van der Waals surface area contributed by atoms with Crippen molar-refractivity contribution in [3.8, 4) is 11.1 Å². The average molecular weight is 376 g/mol. The first-order valence-electron chi connectivity index (χ1n) is 9.06. The maximum Gasteiger partial charge on any atom is 0.246 e. The Kier molecular flexibility index (Phi) is 5.59. The van der Waals surface area contributed by atoms with Gasteiger partial charge in [0.1, 0.15) is 6.54 Å². The lowest BCUT2D eigenvalue weighted by atomic mass is 10.1. The summed E-state index contributed by atoms with van der Waals surface area (Å²) < 4.78 is 1.64. The Morgan fingerprint density at radius 1 is 1.04 bits per heavy atom. The molecule has 0 fully saturated rings. The molecule has 6 nitrogen and oxygen atoms in total. The number of Topliss-reactive ketones (excluding diaryl/α,β-unsaturated/α-hetero) is 1. The average Bonchev–Trinajstić information content (AvgIpc) is 3.06. The fourth-order valence-corrected chi connectivity index (χ4v) is 2.90. The van der Waals surface area contributed by atoms with Crippen LogP contribution in [0.5, 0.6) is 0 Å². The van der Waals surface area contributed by atoms with Crippen LogP contribution in [0.4, 0.5) is 11.5 Å². The van der Waals surface area contributed by atoms with Crippen LogP contribution in [-0.2, 0) is 11.3 Å². The van der Waals surface area contributed by atoms with Crippen LogP contribution >= 0.6 is 0 Å². The van der Waals surface area contributed by atoms with Gasteiger partial charge >= 0.3 is 0 Å². The van der Waals surface area contributed by atoms with Crippen molar-refractivity contribution in [2.24, 2.45) is 0 Å². The van der Waals surface area contributed by atoms with Crippen LogP contribution in [0.1, 0.15) is 22.8 Å². The number of benzene rings is 2. The number of aryl methyl sites for hydroxylation is 1. The van der Waals surface area contributed by atoms with Gasteiger partial charge in [0.25, 0.3) is 0 Å². The van der Waals surface area contributed by atoms with Gasteiger partial charge in [0.15, 0.2) is 11.6 Å². The highest BCUT2D eigenvalue weighted by atomic mass is 16.2. The second kappa shape index (κ2) is 8.08. The molecule has 144 valence electrons. The fourth-order valence-electron chi connectivity index (χ4n) is 2.90. The van der Waals surface area contributed by atoms with Gasteiger partial charge < -0.3 is 10.2 Å². The lowest BCUT2D eigenvalue weighted by molar-refractivity contribution is -0.116. The minimum Gasteiger partial charge on any atom is -0.361 e. The largest absolute Gasteiger partial charge is 0.361 e. The first kappa shape index (κ1) is 19.4. The van der Waals surface area contributed by atoms with Crippen LogP contribution in [0.15, 0.2) is 54.7 Å². The summed E-state index contributed by atoms with van der Waals surface area (Å²) in [6.45, 7) is 3.66. The Labute approximate surface area is 164 Å². The van der Waals surface area contributed by atoms with Gasteiger partial charge in [0.05, 0.1) is 0 Å². The Hall–Kier alpha value is -3.41. The monoisotopic (exact) mass is 376 g/mol. The minimum atomic E-state index is -0.182. The van der Waals surface area contributed by atoms with Gasteiger partial charge in [-0.25, -0.2) is 0 Å². The maximum atomic E-state index is 12.4. The van der Waals surface area contributed by atoms with Crippen molar-refractivity contribution in [1.29, 1.82) is 0 Å². The van der Waals surface area contributed by atoms with Crippen LogP contribution in [0.25, 0.3) is 11.1 Å². The Bertz CT molecular complexity index is 986. The van der Waals surface area contributed by atoms with E-state index in [-0.39, 0.29) is 18.2 Å². The van der Waals surface area contributed by atoms with E-state index >= 15 is 0 Å². The Morgan fingerprint density at radius 2 is 1.68 bits per heavy atom. The van der Waals surface area contributed by atoms with Crippen LogP contribution in [0.3, 0.4) is 0 Å². The number of rotatable bonds is 6. The zero-order chi connectivity index (χ0) is 20.3. The van der Waals surface area contributed by atoms with E-state index in [1.165, 1.54) is 12.5 Å². The highest BCUT2D eigenvalue weighted by Gasteiger charge is 2.14. The summed E-state index contributed by atoms with van der Waals surface area (Å²) in [4.78, 5) is 25.7. The molecule has 28 heavy (non-hydrogen) atoms. The lowest BCUT2D eigenvalue weighted by Crippen LogP contribution is -2.19. The number of anilines is 2. The van der Waals surface area contributed by atoms with E-state index in [1.807, 2.05) is 32.1 Å². The van der Waals surface area contributed by atoms with E-state index in [4.69, 9.17) is 0 Å². The molecule has 1 amide bonds. The van der Waals surface area contributed by atoms with Crippen molar-refractivity contribution < 1.29 is 9.59 Å². The molecule has 0 atom stereocenters. The first-order chi connectivity index (χ1) is 13.3. The van der Waals surface area contributed by atoms with Gasteiger partial charge in [0, 0.05) is 37.1 Å². The van der Waals surface area contributed by atoms with E-state index in [2.05, 4.69) is 34.7 Å². The standard InChI is InChI=1S/C22H24N4O2/c1-15-5-7-18(8-6-15)20-13-26(24-22(20)25(3)4)14-21(28)23-19-11-9-17(10-12-19)16(2)27/h5-13H,14H2,1-4H3,(H,23,28). The maximum absolute atomic E-state index is 12.4. The molecular formula is C22H24N4O2. The number of hydrogen-bond donors (Lipinski definition) is 1. The van der Waals surface area contributed by atoms with Gasteiger partial charge in [0.2, 0.25) is 5.91 Å². The summed E-state index contributed by atoms with van der Waals surface area (Å²) in [7, 11) is 3.86. The molecule has 0 bridgehead atoms. The van der Waals surface area contributed by atoms with E-state index in [0.29, 0.717) is 11.3 Å². The number of aromatic nitrogens is 2. The summed E-state index contributed by atoms with van der Waals surface area (Å²) in [5.41, 5.74) is 4.49. The molecule has 0 aliphatic carbocycles. The van der Waals surface area contributed by atoms with E-state index < -0.39 is 0 Å². The van der Waals surface area contributed by atoms with Crippen molar-refractivity contribution in [3.05, 3.63) is 65.9 Å². The summed E-state index contributed by atoms with van der Waals surface area (Å²) >= 11 is 0. The molecule has 1 aromatic heterocycles. The third-order valence-corrected chi connectivity index (χ3v) is 4.41. The second-order valence-electron chi connectivity index (χ2n) is 7.01. The molecule has 2 aromatic carbocycles. The highest BCUT2D eigenvalue weighted by molar-refractivity contribution is 5.95. The third-order valence-electron chi connectivity index (χ3n) is 4.41. The van der Waals surface area contributed by atoms with E-state index in [9.17, 15) is 9.59 Å². The van der Waals surface area contributed by atoms with Crippen molar-refractivity contribution >= 4 is 23.2 Å². The number of carbonyl (C=O) groups is 2. The molecule has 0 saturated heterocycles. The van der Waals surface area contributed by atoms with Crippen LogP contribution < -0.4 is 10.2 Å². The predicted octanol–water partition coefficient (Wildman–Crippen LogP) is 3.77. The Morgan fingerprint density at radius 3 is 2.25 bits per heavy atom. The van der Waals surface area contributed by atoms with E-state index in [0.717, 1.165) is 16.9 Å². The molecule has 0 aliphatic rings. The highest BCUT2D eigenvalue weighted by Crippen LogP contribution is 2.28.